The highest BCUT2D eigenvalue weighted by Gasteiger charge is 2.28. The molecule has 1 saturated heterocycles. The van der Waals surface area contributed by atoms with Gasteiger partial charge in [-0.15, -0.1) is 0 Å². The lowest BCUT2D eigenvalue weighted by Crippen LogP contribution is -2.49. The molecular weight excluding hydrogens is 240 g/mol. The van der Waals surface area contributed by atoms with Crippen LogP contribution in [-0.2, 0) is 4.79 Å². The van der Waals surface area contributed by atoms with E-state index in [1.165, 1.54) is 4.90 Å². The smallest absolute Gasteiger partial charge is 0.320 e. The highest BCUT2D eigenvalue weighted by Crippen LogP contribution is 2.18. The number of carbonyl (C=O) groups excluding carboxylic acids is 1. The number of hydrogen-bond donors (Lipinski definition) is 3. The zero-order valence-corrected chi connectivity index (χ0v) is 10.3. The lowest BCUT2D eigenvalue weighted by Gasteiger charge is -2.34. The van der Waals surface area contributed by atoms with Crippen molar-refractivity contribution >= 4 is 12.0 Å². The van der Waals surface area contributed by atoms with E-state index < -0.39 is 5.97 Å². The molecule has 0 radical (unpaired) electrons. The molecular formula is C11H20N2O5. The minimum atomic E-state index is -0.815. The quantitative estimate of drug-likeness (QED) is 0.600. The second-order valence-electron chi connectivity index (χ2n) is 4.32. The van der Waals surface area contributed by atoms with Gasteiger partial charge in [0.2, 0.25) is 0 Å². The molecule has 1 rings (SSSR count). The number of carbonyl (C=O) groups is 2. The number of nitrogens with zero attached hydrogens (tertiary/aromatic N) is 2. The van der Waals surface area contributed by atoms with Crippen LogP contribution in [0.3, 0.4) is 0 Å². The van der Waals surface area contributed by atoms with E-state index in [4.69, 9.17) is 15.3 Å². The summed E-state index contributed by atoms with van der Waals surface area (Å²) in [4.78, 5) is 25.8. The van der Waals surface area contributed by atoms with E-state index in [0.29, 0.717) is 25.9 Å². The van der Waals surface area contributed by atoms with Crippen molar-refractivity contribution in [2.45, 2.75) is 12.8 Å². The molecule has 0 aliphatic carbocycles. The fraction of sp³-hybridized carbons (Fsp3) is 0.818. The van der Waals surface area contributed by atoms with Crippen molar-refractivity contribution in [1.82, 2.24) is 9.80 Å². The SMILES string of the molecule is O=C(O)C1CCN(C(=O)N(CCO)CCO)CC1. The molecule has 7 nitrogen and oxygen atoms in total. The lowest BCUT2D eigenvalue weighted by atomic mass is 9.97. The summed E-state index contributed by atoms with van der Waals surface area (Å²) >= 11 is 0. The van der Waals surface area contributed by atoms with E-state index in [9.17, 15) is 9.59 Å². The van der Waals surface area contributed by atoms with Crippen molar-refractivity contribution in [3.8, 4) is 0 Å². The van der Waals surface area contributed by atoms with E-state index in [0.717, 1.165) is 0 Å². The fourth-order valence-corrected chi connectivity index (χ4v) is 2.06. The fourth-order valence-electron chi connectivity index (χ4n) is 2.06. The number of rotatable bonds is 5. The maximum absolute atomic E-state index is 12.0. The van der Waals surface area contributed by atoms with Crippen LogP contribution in [0.4, 0.5) is 4.79 Å². The molecule has 3 N–H and O–H groups in total. The van der Waals surface area contributed by atoms with Crippen molar-refractivity contribution in [3.05, 3.63) is 0 Å². The summed E-state index contributed by atoms with van der Waals surface area (Å²) in [5, 5.41) is 26.6. The van der Waals surface area contributed by atoms with E-state index in [2.05, 4.69) is 0 Å². The number of aliphatic hydroxyl groups excluding tert-OH is 2. The van der Waals surface area contributed by atoms with Crippen LogP contribution < -0.4 is 0 Å². The highest BCUT2D eigenvalue weighted by atomic mass is 16.4. The van der Waals surface area contributed by atoms with Crippen LogP contribution in [0.15, 0.2) is 0 Å². The Hall–Kier alpha value is -1.34. The van der Waals surface area contributed by atoms with Gasteiger partial charge in [-0.3, -0.25) is 4.79 Å². The van der Waals surface area contributed by atoms with Gasteiger partial charge in [-0.25, -0.2) is 4.79 Å². The molecule has 1 heterocycles. The van der Waals surface area contributed by atoms with E-state index in [1.807, 2.05) is 0 Å². The summed E-state index contributed by atoms with van der Waals surface area (Å²) in [6.07, 6.45) is 0.903. The summed E-state index contributed by atoms with van der Waals surface area (Å²) < 4.78 is 0. The van der Waals surface area contributed by atoms with Crippen LogP contribution in [0, 0.1) is 5.92 Å². The van der Waals surface area contributed by atoms with Gasteiger partial charge in [0, 0.05) is 26.2 Å². The Morgan fingerprint density at radius 2 is 1.61 bits per heavy atom. The number of likely N-dealkylation sites (tertiary alicyclic amines) is 1. The van der Waals surface area contributed by atoms with Gasteiger partial charge in [-0.1, -0.05) is 0 Å². The van der Waals surface area contributed by atoms with Crippen LogP contribution in [0.5, 0.6) is 0 Å². The molecule has 0 atom stereocenters. The maximum Gasteiger partial charge on any atom is 0.320 e. The predicted molar refractivity (Wildman–Crippen MR) is 63.1 cm³/mol. The standard InChI is InChI=1S/C11H20N2O5/c14-7-5-13(6-8-15)11(18)12-3-1-9(2-4-12)10(16)17/h9,14-15H,1-8H2,(H,16,17). The average molecular weight is 260 g/mol. The van der Waals surface area contributed by atoms with E-state index in [-0.39, 0.29) is 38.3 Å². The number of piperidine rings is 1. The molecule has 104 valence electrons. The Labute approximate surface area is 106 Å². The topological polar surface area (TPSA) is 101 Å². The van der Waals surface area contributed by atoms with Crippen LogP contribution in [0.2, 0.25) is 0 Å². The van der Waals surface area contributed by atoms with Crippen molar-refractivity contribution in [2.75, 3.05) is 39.4 Å². The number of hydrogen-bond acceptors (Lipinski definition) is 4. The molecule has 0 aromatic carbocycles. The van der Waals surface area contributed by atoms with Gasteiger partial charge in [0.05, 0.1) is 19.1 Å². The maximum atomic E-state index is 12.0. The second-order valence-corrected chi connectivity index (χ2v) is 4.32. The summed E-state index contributed by atoms with van der Waals surface area (Å²) in [5.41, 5.74) is 0. The van der Waals surface area contributed by atoms with Crippen molar-refractivity contribution < 1.29 is 24.9 Å². The van der Waals surface area contributed by atoms with Crippen molar-refractivity contribution in [1.29, 1.82) is 0 Å². The third-order valence-electron chi connectivity index (χ3n) is 3.13. The van der Waals surface area contributed by atoms with Crippen molar-refractivity contribution in [2.24, 2.45) is 5.92 Å². The van der Waals surface area contributed by atoms with Crippen LogP contribution >= 0.6 is 0 Å². The molecule has 0 bridgehead atoms. The molecule has 1 aliphatic rings. The lowest BCUT2D eigenvalue weighted by molar-refractivity contribution is -0.143. The zero-order valence-electron chi connectivity index (χ0n) is 10.3. The minimum absolute atomic E-state index is 0.155. The number of urea groups is 1. The largest absolute Gasteiger partial charge is 0.481 e. The Morgan fingerprint density at radius 3 is 2.00 bits per heavy atom. The normalized spacial score (nSPS) is 16.7. The predicted octanol–water partition coefficient (Wildman–Crippen LogP) is -0.810. The van der Waals surface area contributed by atoms with Crippen LogP contribution in [-0.4, -0.2) is 76.5 Å². The summed E-state index contributed by atoms with van der Waals surface area (Å²) in [5.74, 6) is -1.19. The molecule has 18 heavy (non-hydrogen) atoms. The van der Waals surface area contributed by atoms with E-state index >= 15 is 0 Å². The second kappa shape index (κ2) is 7.17. The van der Waals surface area contributed by atoms with Gasteiger partial charge < -0.3 is 25.1 Å². The molecule has 0 aromatic rings. The van der Waals surface area contributed by atoms with Gasteiger partial charge in [0.25, 0.3) is 0 Å². The van der Waals surface area contributed by atoms with Gasteiger partial charge in [-0.05, 0) is 12.8 Å². The molecule has 0 saturated carbocycles. The van der Waals surface area contributed by atoms with Gasteiger partial charge in [0.1, 0.15) is 0 Å². The third-order valence-corrected chi connectivity index (χ3v) is 3.13. The summed E-state index contributed by atoms with van der Waals surface area (Å²) in [7, 11) is 0. The first kappa shape index (κ1) is 14.7. The molecule has 0 unspecified atom stereocenters. The van der Waals surface area contributed by atoms with Crippen LogP contribution in [0.1, 0.15) is 12.8 Å². The Bertz CT molecular complexity index is 283. The zero-order chi connectivity index (χ0) is 13.5. The molecule has 7 heteroatoms. The Balaban J connectivity index is 2.49. The average Bonchev–Trinajstić information content (AvgIpc) is 2.38. The number of carboxylic acid groups (broad SMARTS) is 1. The Kier molecular flexibility index (Phi) is 5.87. The van der Waals surface area contributed by atoms with E-state index in [1.54, 1.807) is 4.90 Å². The van der Waals surface area contributed by atoms with Crippen molar-refractivity contribution in [3.63, 3.8) is 0 Å². The number of amides is 2. The molecule has 1 fully saturated rings. The minimum Gasteiger partial charge on any atom is -0.481 e. The Morgan fingerprint density at radius 1 is 1.11 bits per heavy atom. The number of aliphatic hydroxyl groups is 2. The highest BCUT2D eigenvalue weighted by molar-refractivity contribution is 5.75. The monoisotopic (exact) mass is 260 g/mol. The molecule has 0 aromatic heterocycles. The van der Waals surface area contributed by atoms with Gasteiger partial charge in [-0.2, -0.15) is 0 Å². The third kappa shape index (κ3) is 3.85. The molecule has 1 aliphatic heterocycles. The first-order valence-electron chi connectivity index (χ1n) is 6.08. The molecule has 2 amide bonds. The molecule has 0 spiro atoms. The van der Waals surface area contributed by atoms with Crippen LogP contribution in [0.25, 0.3) is 0 Å². The first-order valence-corrected chi connectivity index (χ1v) is 6.08. The summed E-state index contributed by atoms with van der Waals surface area (Å²) in [6.45, 7) is 0.859. The summed E-state index contributed by atoms with van der Waals surface area (Å²) in [6, 6.07) is -0.248. The first-order chi connectivity index (χ1) is 8.60. The number of aliphatic carboxylic acids is 1. The van der Waals surface area contributed by atoms with Gasteiger partial charge >= 0.3 is 12.0 Å². The van der Waals surface area contributed by atoms with Gasteiger partial charge in [0.15, 0.2) is 0 Å². The number of carboxylic acids is 1.